The number of esters is 1. The average molecular weight is 327 g/mol. The van der Waals surface area contributed by atoms with Crippen molar-refractivity contribution in [3.63, 3.8) is 0 Å². The Balaban J connectivity index is 1.96. The first-order valence-corrected chi connectivity index (χ1v) is 8.65. The molecule has 1 saturated heterocycles. The van der Waals surface area contributed by atoms with Crippen molar-refractivity contribution in [3.05, 3.63) is 30.0 Å². The number of cyclic esters (lactones) is 1. The SMILES string of the molecule is CC[C@@H]1OC(=O)C[C@H]1[Se][C]1[CH][CH][CH][C]1[C@@H](C)N(C)C. The molecule has 1 saturated carbocycles. The summed E-state index contributed by atoms with van der Waals surface area (Å²) in [6, 6.07) is 0.421. The quantitative estimate of drug-likeness (QED) is 0.570. The molecule has 3 nitrogen and oxygen atoms in total. The first kappa shape index (κ1) is 15.3. The third kappa shape index (κ3) is 3.53. The monoisotopic (exact) mass is 328 g/mol. The molecule has 2 aliphatic rings. The van der Waals surface area contributed by atoms with Crippen LogP contribution in [0.2, 0.25) is 4.82 Å². The molecule has 105 valence electrons. The minimum absolute atomic E-state index is 0.0208. The van der Waals surface area contributed by atoms with E-state index in [0.717, 1.165) is 6.42 Å². The van der Waals surface area contributed by atoms with E-state index in [1.54, 1.807) is 0 Å². The summed E-state index contributed by atoms with van der Waals surface area (Å²) in [6.07, 6.45) is 8.21. The Hall–Kier alpha value is -0.0505. The molecular formula is C15H22NO2Se. The fraction of sp³-hybridized carbons (Fsp3) is 0.600. The number of nitrogens with zero attached hydrogens (tertiary/aromatic N) is 1. The van der Waals surface area contributed by atoms with Crippen molar-refractivity contribution in [2.45, 2.75) is 43.7 Å². The predicted molar refractivity (Wildman–Crippen MR) is 76.8 cm³/mol. The van der Waals surface area contributed by atoms with Crippen LogP contribution in [-0.2, 0) is 9.53 Å². The maximum atomic E-state index is 11.5. The van der Waals surface area contributed by atoms with Gasteiger partial charge in [0.1, 0.15) is 0 Å². The Bertz CT molecular complexity index is 321. The standard InChI is InChI=1S/C15H22NO2Se/c1-5-12-14(9-15(17)18-12)19-13-8-6-7-11(13)10(2)16(3)4/h6-8,10,12,14H,5,9H2,1-4H3/t10-,12+,14-/m1/s1. The Morgan fingerprint density at radius 3 is 2.84 bits per heavy atom. The average Bonchev–Trinajstić information content (AvgIpc) is 2.95. The second-order valence-corrected chi connectivity index (χ2v) is 7.97. The van der Waals surface area contributed by atoms with Gasteiger partial charge in [-0.25, -0.2) is 0 Å². The van der Waals surface area contributed by atoms with Gasteiger partial charge in [0.2, 0.25) is 0 Å². The van der Waals surface area contributed by atoms with E-state index in [4.69, 9.17) is 4.74 Å². The Morgan fingerprint density at radius 1 is 1.47 bits per heavy atom. The van der Waals surface area contributed by atoms with Crippen LogP contribution in [0.1, 0.15) is 26.7 Å². The predicted octanol–water partition coefficient (Wildman–Crippen LogP) is 1.89. The van der Waals surface area contributed by atoms with Gasteiger partial charge in [-0.3, -0.25) is 0 Å². The van der Waals surface area contributed by atoms with Gasteiger partial charge in [-0.1, -0.05) is 0 Å². The number of ether oxygens (including phenoxy) is 1. The molecule has 0 aromatic carbocycles. The van der Waals surface area contributed by atoms with Crippen molar-refractivity contribution in [2.24, 2.45) is 0 Å². The van der Waals surface area contributed by atoms with Gasteiger partial charge in [-0.2, -0.15) is 0 Å². The third-order valence-corrected chi connectivity index (χ3v) is 6.71. The van der Waals surface area contributed by atoms with E-state index < -0.39 is 0 Å². The van der Waals surface area contributed by atoms with E-state index in [0.29, 0.717) is 32.2 Å². The second kappa shape index (κ2) is 6.60. The van der Waals surface area contributed by atoms with Crippen molar-refractivity contribution in [2.75, 3.05) is 14.1 Å². The second-order valence-electron chi connectivity index (χ2n) is 5.28. The van der Waals surface area contributed by atoms with Crippen LogP contribution in [0.25, 0.3) is 0 Å². The molecule has 0 spiro atoms. The molecular weight excluding hydrogens is 305 g/mol. The maximum absolute atomic E-state index is 11.5. The normalized spacial score (nSPS) is 31.1. The van der Waals surface area contributed by atoms with Gasteiger partial charge in [-0.05, 0) is 0 Å². The van der Waals surface area contributed by atoms with Crippen LogP contribution in [0.4, 0.5) is 0 Å². The summed E-state index contributed by atoms with van der Waals surface area (Å²) in [4.78, 5) is 15.5. The summed E-state index contributed by atoms with van der Waals surface area (Å²) >= 11 is 0.315. The fourth-order valence-electron chi connectivity index (χ4n) is 2.36. The van der Waals surface area contributed by atoms with Crippen molar-refractivity contribution in [1.29, 1.82) is 0 Å². The fourth-order valence-corrected chi connectivity index (χ4v) is 5.46. The summed E-state index contributed by atoms with van der Waals surface area (Å²) in [6.45, 7) is 4.32. The van der Waals surface area contributed by atoms with Gasteiger partial charge in [0.05, 0.1) is 0 Å². The van der Waals surface area contributed by atoms with E-state index in [-0.39, 0.29) is 12.1 Å². The van der Waals surface area contributed by atoms with Gasteiger partial charge in [0.25, 0.3) is 0 Å². The molecule has 5 radical (unpaired) electrons. The van der Waals surface area contributed by atoms with Gasteiger partial charge in [0.15, 0.2) is 0 Å². The van der Waals surface area contributed by atoms with Crippen LogP contribution in [0.15, 0.2) is 0 Å². The van der Waals surface area contributed by atoms with Crippen molar-refractivity contribution in [1.82, 2.24) is 4.90 Å². The van der Waals surface area contributed by atoms with Crippen LogP contribution in [0.3, 0.4) is 0 Å². The van der Waals surface area contributed by atoms with E-state index >= 15 is 0 Å². The van der Waals surface area contributed by atoms with E-state index in [9.17, 15) is 4.79 Å². The molecule has 1 aliphatic heterocycles. The van der Waals surface area contributed by atoms with E-state index in [1.807, 2.05) is 0 Å². The van der Waals surface area contributed by atoms with Crippen molar-refractivity contribution >= 4 is 20.9 Å². The molecule has 2 rings (SSSR count). The number of carbonyl (C=O) groups is 1. The zero-order valence-corrected chi connectivity index (χ0v) is 13.8. The Morgan fingerprint density at radius 2 is 2.21 bits per heavy atom. The van der Waals surface area contributed by atoms with Crippen LogP contribution < -0.4 is 0 Å². The van der Waals surface area contributed by atoms with Crippen molar-refractivity contribution in [3.8, 4) is 0 Å². The van der Waals surface area contributed by atoms with Gasteiger partial charge in [0, 0.05) is 0 Å². The third-order valence-electron chi connectivity index (χ3n) is 3.78. The molecule has 0 unspecified atom stereocenters. The number of carbonyl (C=O) groups excluding carboxylic acids is 1. The van der Waals surface area contributed by atoms with Gasteiger partial charge in [-0.15, -0.1) is 0 Å². The molecule has 1 heterocycles. The summed E-state index contributed by atoms with van der Waals surface area (Å²) in [5.41, 5.74) is 0. The van der Waals surface area contributed by atoms with Gasteiger partial charge < -0.3 is 0 Å². The number of rotatable bonds is 5. The molecule has 1 aliphatic carbocycles. The molecule has 0 bridgehead atoms. The molecule has 19 heavy (non-hydrogen) atoms. The molecule has 0 N–H and O–H groups in total. The Labute approximate surface area is 123 Å². The molecule has 4 heteroatoms. The first-order chi connectivity index (χ1) is 9.02. The topological polar surface area (TPSA) is 29.5 Å². The van der Waals surface area contributed by atoms with Gasteiger partial charge >= 0.3 is 123 Å². The first-order valence-electron chi connectivity index (χ1n) is 6.81. The molecule has 0 aromatic rings. The minimum atomic E-state index is -0.0208. The summed E-state index contributed by atoms with van der Waals surface area (Å²) in [7, 11) is 4.21. The Kier molecular flexibility index (Phi) is 5.33. The summed E-state index contributed by atoms with van der Waals surface area (Å²) in [5, 5.41) is 0. The van der Waals surface area contributed by atoms with Crippen LogP contribution in [-0.4, -0.2) is 52.1 Å². The zero-order valence-electron chi connectivity index (χ0n) is 12.1. The number of hydrogen-bond donors (Lipinski definition) is 0. The zero-order chi connectivity index (χ0) is 14.0. The summed E-state index contributed by atoms with van der Waals surface area (Å²) in [5.74, 6) is 1.38. The van der Waals surface area contributed by atoms with Crippen molar-refractivity contribution < 1.29 is 9.53 Å². The van der Waals surface area contributed by atoms with E-state index in [2.05, 4.69) is 52.1 Å². The molecule has 2 fully saturated rings. The van der Waals surface area contributed by atoms with Crippen LogP contribution in [0.5, 0.6) is 0 Å². The van der Waals surface area contributed by atoms with Crippen LogP contribution >= 0.6 is 0 Å². The molecule has 3 atom stereocenters. The van der Waals surface area contributed by atoms with E-state index in [1.165, 1.54) is 10.7 Å². The molecule has 0 aromatic heterocycles. The number of hydrogen-bond acceptors (Lipinski definition) is 3. The van der Waals surface area contributed by atoms with Crippen LogP contribution in [0, 0.1) is 30.0 Å². The molecule has 0 amide bonds. The summed E-state index contributed by atoms with van der Waals surface area (Å²) < 4.78 is 5.39.